The number of aromatic nitrogens is 1. The van der Waals surface area contributed by atoms with Gasteiger partial charge >= 0.3 is 6.18 Å². The van der Waals surface area contributed by atoms with Gasteiger partial charge in [-0.3, -0.25) is 4.98 Å². The van der Waals surface area contributed by atoms with Gasteiger partial charge in [0.15, 0.2) is 0 Å². The van der Waals surface area contributed by atoms with Crippen molar-refractivity contribution < 1.29 is 21.6 Å². The van der Waals surface area contributed by atoms with Crippen molar-refractivity contribution in [2.75, 3.05) is 27.2 Å². The van der Waals surface area contributed by atoms with Gasteiger partial charge in [-0.1, -0.05) is 12.1 Å². The van der Waals surface area contributed by atoms with Crippen LogP contribution in [0.15, 0.2) is 47.6 Å². The molecular weight excluding hydrogens is 379 g/mol. The summed E-state index contributed by atoms with van der Waals surface area (Å²) in [6.07, 6.45) is -1.51. The van der Waals surface area contributed by atoms with E-state index in [0.29, 0.717) is 18.2 Å². The summed E-state index contributed by atoms with van der Waals surface area (Å²) in [5, 5.41) is 0. The van der Waals surface area contributed by atoms with Crippen LogP contribution in [0.1, 0.15) is 16.7 Å². The molecule has 0 atom stereocenters. The average molecular weight is 401 g/mol. The molecule has 0 radical (unpaired) electrons. The molecule has 2 aromatic rings. The van der Waals surface area contributed by atoms with Gasteiger partial charge in [-0.15, -0.1) is 0 Å². The molecule has 0 amide bonds. The third-order valence-corrected chi connectivity index (χ3v) is 5.87. The van der Waals surface area contributed by atoms with E-state index in [1.54, 1.807) is 32.4 Å². The number of likely N-dealkylation sites (N-methyl/N-ethyl adjacent to an activating group) is 1. The first-order valence-corrected chi connectivity index (χ1v) is 9.67. The van der Waals surface area contributed by atoms with Crippen molar-refractivity contribution >= 4 is 10.0 Å². The number of pyridine rings is 1. The maximum Gasteiger partial charge on any atom is 0.416 e. The summed E-state index contributed by atoms with van der Waals surface area (Å²) >= 11 is 0. The van der Waals surface area contributed by atoms with Crippen LogP contribution in [0.4, 0.5) is 13.2 Å². The van der Waals surface area contributed by atoms with Gasteiger partial charge in [0.2, 0.25) is 10.0 Å². The van der Waals surface area contributed by atoms with Crippen molar-refractivity contribution in [1.82, 2.24) is 14.2 Å². The molecule has 0 aliphatic carbocycles. The van der Waals surface area contributed by atoms with Crippen molar-refractivity contribution in [1.29, 1.82) is 0 Å². The number of alkyl halides is 3. The molecule has 0 saturated heterocycles. The van der Waals surface area contributed by atoms with Crippen LogP contribution in [0.25, 0.3) is 0 Å². The fourth-order valence-corrected chi connectivity index (χ4v) is 3.95. The SMILES string of the molecule is Cc1ccc(S(=O)(=O)N(CCN(C)C)Cc2cccnc2)cc1C(F)(F)F. The fraction of sp³-hybridized carbons (Fsp3) is 0.389. The van der Waals surface area contributed by atoms with Gasteiger partial charge in [0.05, 0.1) is 10.5 Å². The number of halogens is 3. The highest BCUT2D eigenvalue weighted by molar-refractivity contribution is 7.89. The van der Waals surface area contributed by atoms with Crippen molar-refractivity contribution in [3.8, 4) is 0 Å². The summed E-state index contributed by atoms with van der Waals surface area (Å²) in [5.74, 6) is 0. The summed E-state index contributed by atoms with van der Waals surface area (Å²) in [6, 6.07) is 6.51. The van der Waals surface area contributed by atoms with E-state index in [2.05, 4.69) is 4.98 Å². The first-order valence-electron chi connectivity index (χ1n) is 8.23. The normalized spacial score (nSPS) is 12.7. The van der Waals surface area contributed by atoms with Gasteiger partial charge in [0, 0.05) is 32.0 Å². The van der Waals surface area contributed by atoms with Crippen LogP contribution < -0.4 is 0 Å². The van der Waals surface area contributed by atoms with Crippen LogP contribution in [0.3, 0.4) is 0 Å². The molecule has 5 nitrogen and oxygen atoms in total. The molecule has 0 aliphatic rings. The van der Waals surface area contributed by atoms with Gasteiger partial charge < -0.3 is 4.90 Å². The Labute approximate surface area is 157 Å². The van der Waals surface area contributed by atoms with Crippen LogP contribution in [0.5, 0.6) is 0 Å². The lowest BCUT2D eigenvalue weighted by molar-refractivity contribution is -0.138. The molecule has 148 valence electrons. The number of rotatable bonds is 7. The maximum absolute atomic E-state index is 13.2. The summed E-state index contributed by atoms with van der Waals surface area (Å²) < 4.78 is 66.9. The molecular formula is C18H22F3N3O2S. The Kier molecular flexibility index (Phi) is 6.61. The van der Waals surface area contributed by atoms with E-state index >= 15 is 0 Å². The lowest BCUT2D eigenvalue weighted by Gasteiger charge is -2.24. The Morgan fingerprint density at radius 2 is 1.81 bits per heavy atom. The third kappa shape index (κ3) is 5.50. The van der Waals surface area contributed by atoms with E-state index in [1.807, 2.05) is 4.90 Å². The zero-order valence-electron chi connectivity index (χ0n) is 15.4. The smallest absolute Gasteiger partial charge is 0.308 e. The molecule has 0 fully saturated rings. The van der Waals surface area contributed by atoms with Gasteiger partial charge in [0.1, 0.15) is 0 Å². The molecule has 0 spiro atoms. The van der Waals surface area contributed by atoms with E-state index < -0.39 is 21.8 Å². The molecule has 9 heteroatoms. The predicted octanol–water partition coefficient (Wildman–Crippen LogP) is 3.16. The summed E-state index contributed by atoms with van der Waals surface area (Å²) in [6.45, 7) is 1.90. The molecule has 2 rings (SSSR count). The summed E-state index contributed by atoms with van der Waals surface area (Å²) in [5.41, 5.74) is -0.311. The van der Waals surface area contributed by atoms with Crippen molar-refractivity contribution in [2.24, 2.45) is 0 Å². The monoisotopic (exact) mass is 401 g/mol. The highest BCUT2D eigenvalue weighted by Gasteiger charge is 2.34. The molecule has 0 N–H and O–H groups in total. The lowest BCUT2D eigenvalue weighted by atomic mass is 10.1. The third-order valence-electron chi connectivity index (χ3n) is 4.03. The summed E-state index contributed by atoms with van der Waals surface area (Å²) in [4.78, 5) is 5.40. The second kappa shape index (κ2) is 8.37. The lowest BCUT2D eigenvalue weighted by Crippen LogP contribution is -2.36. The van der Waals surface area contributed by atoms with E-state index in [-0.39, 0.29) is 23.5 Å². The van der Waals surface area contributed by atoms with E-state index in [0.717, 1.165) is 0 Å². The molecule has 1 aromatic carbocycles. The van der Waals surface area contributed by atoms with Gasteiger partial charge in [-0.25, -0.2) is 8.42 Å². The van der Waals surface area contributed by atoms with Gasteiger partial charge in [-0.2, -0.15) is 17.5 Å². The Bertz CT molecular complexity index is 869. The molecule has 1 heterocycles. The Morgan fingerprint density at radius 1 is 1.11 bits per heavy atom. The number of hydrogen-bond acceptors (Lipinski definition) is 4. The minimum absolute atomic E-state index is 0.0199. The minimum Gasteiger partial charge on any atom is -0.308 e. The highest BCUT2D eigenvalue weighted by atomic mass is 32.2. The zero-order chi connectivity index (χ0) is 20.2. The van der Waals surface area contributed by atoms with Crippen molar-refractivity contribution in [3.05, 3.63) is 59.4 Å². The van der Waals surface area contributed by atoms with Crippen LogP contribution in [-0.4, -0.2) is 49.8 Å². The number of benzene rings is 1. The number of sulfonamides is 1. The Hall–Kier alpha value is -1.97. The van der Waals surface area contributed by atoms with Crippen LogP contribution >= 0.6 is 0 Å². The highest BCUT2D eigenvalue weighted by Crippen LogP contribution is 2.34. The number of nitrogens with zero attached hydrogens (tertiary/aromatic N) is 3. The van der Waals surface area contributed by atoms with Crippen molar-refractivity contribution in [3.63, 3.8) is 0 Å². The van der Waals surface area contributed by atoms with Crippen LogP contribution in [0.2, 0.25) is 0 Å². The zero-order valence-corrected chi connectivity index (χ0v) is 16.2. The maximum atomic E-state index is 13.2. The quantitative estimate of drug-likeness (QED) is 0.715. The molecule has 27 heavy (non-hydrogen) atoms. The predicted molar refractivity (Wildman–Crippen MR) is 96.6 cm³/mol. The molecule has 0 bridgehead atoms. The van der Waals surface area contributed by atoms with Crippen molar-refractivity contribution in [2.45, 2.75) is 24.5 Å². The van der Waals surface area contributed by atoms with Gasteiger partial charge in [0.25, 0.3) is 0 Å². The van der Waals surface area contributed by atoms with E-state index in [1.165, 1.54) is 29.6 Å². The first kappa shape index (κ1) is 21.3. The minimum atomic E-state index is -4.62. The number of aryl methyl sites for hydroxylation is 1. The Morgan fingerprint density at radius 3 is 2.37 bits per heavy atom. The molecule has 0 saturated carbocycles. The first-order chi connectivity index (χ1) is 12.5. The second-order valence-corrected chi connectivity index (χ2v) is 8.42. The number of hydrogen-bond donors (Lipinski definition) is 0. The molecule has 0 unspecified atom stereocenters. The topological polar surface area (TPSA) is 53.5 Å². The van der Waals surface area contributed by atoms with Crippen LogP contribution in [-0.2, 0) is 22.7 Å². The standard InChI is InChI=1S/C18H22F3N3O2S/c1-14-6-7-16(11-17(14)18(19,20)21)27(25,26)24(10-9-23(2)3)13-15-5-4-8-22-12-15/h4-8,11-12H,9-10,13H2,1-3H3. The molecule has 0 aliphatic heterocycles. The largest absolute Gasteiger partial charge is 0.416 e. The Balaban J connectivity index is 2.43. The van der Waals surface area contributed by atoms with Gasteiger partial charge in [-0.05, 0) is 50.3 Å². The van der Waals surface area contributed by atoms with E-state index in [9.17, 15) is 21.6 Å². The average Bonchev–Trinajstić information content (AvgIpc) is 2.58. The van der Waals surface area contributed by atoms with E-state index in [4.69, 9.17) is 0 Å². The second-order valence-electron chi connectivity index (χ2n) is 6.48. The van der Waals surface area contributed by atoms with Crippen LogP contribution in [0, 0.1) is 6.92 Å². The summed E-state index contributed by atoms with van der Waals surface area (Å²) in [7, 11) is -0.527. The molecule has 1 aromatic heterocycles. The fourth-order valence-electron chi connectivity index (χ4n) is 2.51.